The quantitative estimate of drug-likeness (QED) is 0.222. The third-order valence-electron chi connectivity index (χ3n) is 11.0. The molecular weight excluding hydrogens is 737 g/mol. The van der Waals surface area contributed by atoms with Crippen LogP contribution in [0.5, 0.6) is 0 Å². The Morgan fingerprint density at radius 2 is 1.87 bits per heavy atom. The van der Waals surface area contributed by atoms with Gasteiger partial charge >= 0.3 is 11.9 Å². The molecule has 0 aromatic heterocycles. The number of halogens is 2. The Kier molecular flexibility index (Phi) is 12.2. The monoisotopic (exact) mass is 785 g/mol. The molecule has 54 heavy (non-hydrogen) atoms. The van der Waals surface area contributed by atoms with Crippen LogP contribution in [0.4, 0.5) is 11.4 Å². The molecular formula is C40H49Cl2N3O9. The van der Waals surface area contributed by atoms with Gasteiger partial charge in [-0.05, 0) is 69.5 Å². The van der Waals surface area contributed by atoms with Crippen molar-refractivity contribution >= 4 is 58.3 Å². The summed E-state index contributed by atoms with van der Waals surface area (Å²) in [7, 11) is 4.54. The number of methoxy groups -OCH3 is 1. The third kappa shape index (κ3) is 8.48. The molecule has 3 aliphatic rings. The first-order valence-electron chi connectivity index (χ1n) is 17.8. The van der Waals surface area contributed by atoms with E-state index in [0.717, 1.165) is 16.7 Å². The minimum atomic E-state index is -1.58. The van der Waals surface area contributed by atoms with Gasteiger partial charge in [-0.2, -0.15) is 0 Å². The minimum Gasteiger partial charge on any atom is -0.462 e. The zero-order chi connectivity index (χ0) is 39.9. The molecule has 2 saturated heterocycles. The van der Waals surface area contributed by atoms with Gasteiger partial charge in [-0.3, -0.25) is 14.4 Å². The van der Waals surface area contributed by atoms with E-state index in [-0.39, 0.29) is 29.8 Å². The number of anilines is 2. The molecule has 3 heterocycles. The van der Waals surface area contributed by atoms with Crippen LogP contribution >= 0.6 is 23.2 Å². The Morgan fingerprint density at radius 3 is 2.54 bits per heavy atom. The number of amides is 2. The van der Waals surface area contributed by atoms with Crippen LogP contribution < -0.4 is 10.6 Å². The lowest BCUT2D eigenvalue weighted by molar-refractivity contribution is -0.187. The number of aryl methyl sites for hydroxylation is 1. The van der Waals surface area contributed by atoms with Crippen LogP contribution in [0, 0.1) is 12.8 Å². The van der Waals surface area contributed by atoms with Crippen molar-refractivity contribution in [1.82, 2.24) is 4.90 Å². The molecule has 0 unspecified atom stereocenters. The summed E-state index contributed by atoms with van der Waals surface area (Å²) in [5.41, 5.74) is 6.69. The van der Waals surface area contributed by atoms with Crippen LogP contribution in [-0.2, 0) is 39.8 Å². The smallest absolute Gasteiger partial charge is 0.328 e. The first-order chi connectivity index (χ1) is 25.3. The second-order valence-electron chi connectivity index (χ2n) is 15.0. The van der Waals surface area contributed by atoms with Crippen LogP contribution in [0.15, 0.2) is 54.1 Å². The number of aliphatic hydroxyl groups is 1. The van der Waals surface area contributed by atoms with E-state index in [1.54, 1.807) is 26.1 Å². The second-order valence-corrected chi connectivity index (χ2v) is 15.8. The van der Waals surface area contributed by atoms with E-state index >= 15 is 0 Å². The van der Waals surface area contributed by atoms with E-state index in [9.17, 15) is 24.3 Å². The van der Waals surface area contributed by atoms with E-state index in [0.29, 0.717) is 22.8 Å². The average Bonchev–Trinajstić information content (AvgIpc) is 3.81. The maximum atomic E-state index is 14.1. The van der Waals surface area contributed by atoms with Crippen molar-refractivity contribution < 1.29 is 43.2 Å². The number of carbonyl (C=O) groups excluding carboxylic acids is 4. The van der Waals surface area contributed by atoms with Crippen molar-refractivity contribution in [3.63, 3.8) is 0 Å². The number of hydrogen-bond acceptors (Lipinski definition) is 10. The highest BCUT2D eigenvalue weighted by molar-refractivity contribution is 6.34. The van der Waals surface area contributed by atoms with Gasteiger partial charge in [0, 0.05) is 39.1 Å². The van der Waals surface area contributed by atoms with Gasteiger partial charge in [0.15, 0.2) is 0 Å². The molecule has 3 N–H and O–H groups in total. The molecule has 5 rings (SSSR count). The van der Waals surface area contributed by atoms with Gasteiger partial charge in [-0.15, -0.1) is 0 Å². The predicted octanol–water partition coefficient (Wildman–Crippen LogP) is 5.61. The number of allylic oxidation sites excluding steroid dienone is 3. The van der Waals surface area contributed by atoms with Gasteiger partial charge in [0.25, 0.3) is 5.91 Å². The van der Waals surface area contributed by atoms with Crippen molar-refractivity contribution in [2.75, 3.05) is 31.8 Å². The summed E-state index contributed by atoms with van der Waals surface area (Å²) in [6, 6.07) is 7.15. The third-order valence-corrected chi connectivity index (χ3v) is 11.8. The number of fused-ring (bicyclic) bond motifs is 5. The molecule has 2 aromatic carbocycles. The van der Waals surface area contributed by atoms with Crippen LogP contribution in [0.25, 0.3) is 0 Å². The van der Waals surface area contributed by atoms with Crippen LogP contribution in [0.1, 0.15) is 68.4 Å². The Bertz CT molecular complexity index is 1880. The van der Waals surface area contributed by atoms with E-state index < -0.39 is 71.3 Å². The molecule has 0 radical (unpaired) electrons. The number of nitrogens with two attached hydrogens (primary N) is 1. The summed E-state index contributed by atoms with van der Waals surface area (Å²) in [5.74, 6) is -2.77. The average molecular weight is 787 g/mol. The van der Waals surface area contributed by atoms with Crippen molar-refractivity contribution in [2.24, 2.45) is 5.92 Å². The Hall–Kier alpha value is -3.94. The highest BCUT2D eigenvalue weighted by Gasteiger charge is 2.64. The zero-order valence-corrected chi connectivity index (χ0v) is 33.4. The fraction of sp³-hybridized carbons (Fsp3) is 0.500. The lowest BCUT2D eigenvalue weighted by Gasteiger charge is -2.41. The number of rotatable bonds is 5. The van der Waals surface area contributed by atoms with Crippen molar-refractivity contribution in [1.29, 1.82) is 0 Å². The molecule has 2 amide bonds. The molecule has 8 atom stereocenters. The lowest BCUT2D eigenvalue weighted by Crippen LogP contribution is -2.53. The summed E-state index contributed by atoms with van der Waals surface area (Å²) in [6.45, 7) is 8.88. The summed E-state index contributed by atoms with van der Waals surface area (Å²) >= 11 is 12.9. The highest BCUT2D eigenvalue weighted by atomic mass is 35.5. The van der Waals surface area contributed by atoms with Crippen molar-refractivity contribution in [3.8, 4) is 0 Å². The second kappa shape index (κ2) is 16.0. The summed E-state index contributed by atoms with van der Waals surface area (Å²) in [5, 5.41) is 12.4. The fourth-order valence-corrected chi connectivity index (χ4v) is 7.75. The number of nitrogen functional groups attached to an aromatic ring is 1. The predicted molar refractivity (Wildman–Crippen MR) is 205 cm³/mol. The fourth-order valence-electron chi connectivity index (χ4n) is 7.33. The van der Waals surface area contributed by atoms with Gasteiger partial charge in [-0.1, -0.05) is 60.0 Å². The normalized spacial score (nSPS) is 31.0. The first-order valence-corrected chi connectivity index (χ1v) is 18.6. The van der Waals surface area contributed by atoms with E-state index in [2.05, 4.69) is 0 Å². The van der Waals surface area contributed by atoms with Crippen molar-refractivity contribution in [2.45, 2.75) is 102 Å². The molecule has 4 bridgehead atoms. The number of ether oxygens (including phenoxy) is 4. The van der Waals surface area contributed by atoms with Crippen LogP contribution in [-0.4, -0.2) is 96.6 Å². The van der Waals surface area contributed by atoms with E-state index in [1.807, 2.05) is 39.0 Å². The molecule has 0 saturated carbocycles. The SMILES string of the molecule is CO[C@@H]1/C=C/C=C(\C)Cc2cc(C)c(Cl)c(c2)N(C)C(=O)C[C@H](OC(=O)[C@H](C)N(C)C(=O)c2ccc(N)c(Cl)c2)[C@]2(C)O[C@H]2[C@H](C)[C@@H]2C[C@@]1(O)CC(=O)O2. The maximum Gasteiger partial charge on any atom is 0.328 e. The first kappa shape index (κ1) is 41.2. The molecule has 3 aliphatic heterocycles. The van der Waals surface area contributed by atoms with Gasteiger partial charge in [0.1, 0.15) is 35.6 Å². The zero-order valence-electron chi connectivity index (χ0n) is 31.9. The molecule has 292 valence electrons. The Morgan fingerprint density at radius 1 is 1.17 bits per heavy atom. The number of likely N-dealkylation sites (N-methyl/N-ethyl adjacent to an activating group) is 1. The highest BCUT2D eigenvalue weighted by Crippen LogP contribution is 2.49. The maximum absolute atomic E-state index is 14.1. The van der Waals surface area contributed by atoms with Gasteiger partial charge in [0.2, 0.25) is 5.91 Å². The van der Waals surface area contributed by atoms with Crippen LogP contribution in [0.2, 0.25) is 10.0 Å². The Balaban J connectivity index is 1.51. The molecule has 2 aromatic rings. The summed E-state index contributed by atoms with van der Waals surface area (Å²) in [6.07, 6.45) is 2.02. The number of benzene rings is 2. The van der Waals surface area contributed by atoms with Gasteiger partial charge in [0.05, 0.1) is 40.4 Å². The van der Waals surface area contributed by atoms with Gasteiger partial charge in [-0.25, -0.2) is 4.79 Å². The number of hydrogen-bond donors (Lipinski definition) is 2. The summed E-state index contributed by atoms with van der Waals surface area (Å²) < 4.78 is 23.9. The largest absolute Gasteiger partial charge is 0.462 e. The molecule has 12 nitrogen and oxygen atoms in total. The van der Waals surface area contributed by atoms with Gasteiger partial charge < -0.3 is 39.6 Å². The number of esters is 2. The molecule has 14 heteroatoms. The van der Waals surface area contributed by atoms with Crippen molar-refractivity contribution in [3.05, 3.63) is 80.9 Å². The number of epoxide rings is 1. The lowest BCUT2D eigenvalue weighted by atomic mass is 9.78. The minimum absolute atomic E-state index is 0.0518. The summed E-state index contributed by atoms with van der Waals surface area (Å²) in [4.78, 5) is 57.0. The van der Waals surface area contributed by atoms with E-state index in [4.69, 9.17) is 47.9 Å². The molecule has 2 fully saturated rings. The molecule has 0 spiro atoms. The van der Waals surface area contributed by atoms with E-state index in [1.165, 1.54) is 49.1 Å². The standard InChI is InChI=1S/C40H49Cl2N3O9/c1-21-10-9-11-31(51-8)40(50)19-30(52-34(47)20-40)23(3)36-39(5,54-36)32(18-33(46)45(7)29-16-25(14-21)15-22(2)35(29)42)53-38(49)24(4)44(6)37(48)26-12-13-28(43)27(41)17-26/h9-13,15-17,23-24,30-32,36,50H,14,18-20,43H2,1-8H3/b11-9+,21-10+/t23-,24+,30+,31-,32+,36+,39+,40-/m1/s1. The molecule has 0 aliphatic carbocycles. The number of carbonyl (C=O) groups is 4. The Labute approximate surface area is 326 Å². The topological polar surface area (TPSA) is 161 Å². The van der Waals surface area contributed by atoms with Crippen LogP contribution in [0.3, 0.4) is 0 Å². The number of nitrogens with zero attached hydrogens (tertiary/aromatic N) is 2.